The first-order chi connectivity index (χ1) is 8.54. The second kappa shape index (κ2) is 6.79. The number of ether oxygens (including phenoxy) is 1. The van der Waals surface area contributed by atoms with Crippen molar-refractivity contribution in [3.05, 3.63) is 35.9 Å². The molecule has 0 saturated carbocycles. The van der Waals surface area contributed by atoms with Crippen molar-refractivity contribution in [1.29, 1.82) is 0 Å². The van der Waals surface area contributed by atoms with Gasteiger partial charge >= 0.3 is 11.9 Å². The Morgan fingerprint density at radius 1 is 1.28 bits per heavy atom. The quantitative estimate of drug-likeness (QED) is 0.621. The number of benzene rings is 1. The third kappa shape index (κ3) is 4.20. The molecule has 0 saturated heterocycles. The summed E-state index contributed by atoms with van der Waals surface area (Å²) in [6.45, 7) is 3.63. The van der Waals surface area contributed by atoms with Crippen LogP contribution in [-0.4, -0.2) is 23.1 Å². The van der Waals surface area contributed by atoms with Crippen molar-refractivity contribution >= 4 is 11.9 Å². The molecule has 0 aliphatic heterocycles. The number of carbonyl (C=O) groups excluding carboxylic acids is 1. The first-order valence-electron chi connectivity index (χ1n) is 6.01. The lowest BCUT2D eigenvalue weighted by Crippen LogP contribution is -2.30. The summed E-state index contributed by atoms with van der Waals surface area (Å²) in [5, 5.41) is 9.09. The molecule has 0 aromatic heterocycles. The van der Waals surface area contributed by atoms with Crippen molar-refractivity contribution in [1.82, 2.24) is 0 Å². The van der Waals surface area contributed by atoms with Crippen molar-refractivity contribution in [2.24, 2.45) is 5.92 Å². The van der Waals surface area contributed by atoms with Crippen LogP contribution in [0.3, 0.4) is 0 Å². The average molecular weight is 250 g/mol. The topological polar surface area (TPSA) is 63.6 Å². The van der Waals surface area contributed by atoms with Crippen molar-refractivity contribution in [3.63, 3.8) is 0 Å². The molecule has 0 amide bonds. The Morgan fingerprint density at radius 2 is 1.89 bits per heavy atom. The van der Waals surface area contributed by atoms with Crippen LogP contribution in [0.15, 0.2) is 30.3 Å². The van der Waals surface area contributed by atoms with Crippen molar-refractivity contribution in [2.75, 3.05) is 0 Å². The highest BCUT2D eigenvalue weighted by Crippen LogP contribution is 2.12. The van der Waals surface area contributed by atoms with E-state index in [9.17, 15) is 9.59 Å². The highest BCUT2D eigenvalue weighted by molar-refractivity contribution is 5.94. The predicted molar refractivity (Wildman–Crippen MR) is 67.1 cm³/mol. The maximum Gasteiger partial charge on any atom is 0.320 e. The second-order valence-electron chi connectivity index (χ2n) is 4.24. The van der Waals surface area contributed by atoms with Crippen LogP contribution in [0.2, 0.25) is 0 Å². The summed E-state index contributed by atoms with van der Waals surface area (Å²) < 4.78 is 5.08. The Labute approximate surface area is 107 Å². The molecule has 4 heteroatoms. The van der Waals surface area contributed by atoms with Gasteiger partial charge in [-0.3, -0.25) is 9.59 Å². The van der Waals surface area contributed by atoms with Gasteiger partial charge in [-0.1, -0.05) is 37.3 Å². The van der Waals surface area contributed by atoms with Crippen LogP contribution < -0.4 is 0 Å². The van der Waals surface area contributed by atoms with Gasteiger partial charge in [0.05, 0.1) is 6.10 Å². The highest BCUT2D eigenvalue weighted by atomic mass is 16.5. The molecule has 1 rings (SSSR count). The molecule has 2 unspecified atom stereocenters. The Kier molecular flexibility index (Phi) is 5.36. The maximum atomic E-state index is 11.8. The van der Waals surface area contributed by atoms with E-state index in [2.05, 4.69) is 0 Å². The van der Waals surface area contributed by atoms with E-state index in [1.54, 1.807) is 19.1 Å². The molecular formula is C14H18O4. The lowest BCUT2D eigenvalue weighted by molar-refractivity contribution is -0.161. The van der Waals surface area contributed by atoms with Gasteiger partial charge in [0.2, 0.25) is 0 Å². The van der Waals surface area contributed by atoms with Crippen LogP contribution in [0.4, 0.5) is 0 Å². The van der Waals surface area contributed by atoms with Gasteiger partial charge in [0, 0.05) is 0 Å². The predicted octanol–water partition coefficient (Wildman–Crippen LogP) is 2.27. The molecule has 98 valence electrons. The summed E-state index contributed by atoms with van der Waals surface area (Å²) in [6, 6.07) is 9.07. The first-order valence-corrected chi connectivity index (χ1v) is 6.01. The van der Waals surface area contributed by atoms with Gasteiger partial charge in [-0.05, 0) is 25.3 Å². The molecule has 2 atom stereocenters. The average Bonchev–Trinajstić information content (AvgIpc) is 2.36. The molecule has 0 heterocycles. The second-order valence-corrected chi connectivity index (χ2v) is 4.24. The summed E-state index contributed by atoms with van der Waals surface area (Å²) in [5.74, 6) is -2.95. The van der Waals surface area contributed by atoms with E-state index < -0.39 is 17.9 Å². The van der Waals surface area contributed by atoms with Gasteiger partial charge in [-0.15, -0.1) is 0 Å². The van der Waals surface area contributed by atoms with Crippen LogP contribution in [0.5, 0.6) is 0 Å². The number of aliphatic carboxylic acids is 1. The third-order valence-electron chi connectivity index (χ3n) is 2.76. The van der Waals surface area contributed by atoms with Gasteiger partial charge in [0.15, 0.2) is 5.92 Å². The smallest absolute Gasteiger partial charge is 0.320 e. The van der Waals surface area contributed by atoms with Crippen molar-refractivity contribution < 1.29 is 19.4 Å². The van der Waals surface area contributed by atoms with Gasteiger partial charge in [-0.2, -0.15) is 0 Å². The molecule has 1 N–H and O–H groups in total. The van der Waals surface area contributed by atoms with E-state index >= 15 is 0 Å². The molecule has 0 spiro atoms. The number of hydrogen-bond donors (Lipinski definition) is 1. The molecule has 1 aromatic carbocycles. The Morgan fingerprint density at radius 3 is 2.39 bits per heavy atom. The maximum absolute atomic E-state index is 11.8. The van der Waals surface area contributed by atoms with Crippen LogP contribution in [0.1, 0.15) is 25.8 Å². The Hall–Kier alpha value is -1.84. The van der Waals surface area contributed by atoms with E-state index in [-0.39, 0.29) is 12.5 Å². The Balaban J connectivity index is 2.71. The molecule has 18 heavy (non-hydrogen) atoms. The summed E-state index contributed by atoms with van der Waals surface area (Å²) in [7, 11) is 0. The number of carbonyl (C=O) groups is 2. The highest BCUT2D eigenvalue weighted by Gasteiger charge is 2.29. The largest absolute Gasteiger partial charge is 0.481 e. The number of carboxylic acid groups (broad SMARTS) is 1. The molecule has 0 bridgehead atoms. The van der Waals surface area contributed by atoms with E-state index in [0.717, 1.165) is 5.56 Å². The van der Waals surface area contributed by atoms with Crippen LogP contribution in [0, 0.1) is 5.92 Å². The zero-order valence-corrected chi connectivity index (χ0v) is 10.6. The third-order valence-corrected chi connectivity index (χ3v) is 2.76. The number of esters is 1. The van der Waals surface area contributed by atoms with Gasteiger partial charge in [0.25, 0.3) is 0 Å². The van der Waals surface area contributed by atoms with Crippen LogP contribution in [-0.2, 0) is 20.7 Å². The minimum Gasteiger partial charge on any atom is -0.481 e. The summed E-state index contributed by atoms with van der Waals surface area (Å²) >= 11 is 0. The fraction of sp³-hybridized carbons (Fsp3) is 0.429. The molecule has 0 aliphatic rings. The standard InChI is InChI=1S/C14H18O4/c1-3-10(2)18-14(17)12(13(15)16)9-11-7-5-4-6-8-11/h4-8,10,12H,3,9H2,1-2H3,(H,15,16). The zero-order chi connectivity index (χ0) is 13.5. The normalized spacial score (nSPS) is 13.7. The molecule has 1 aromatic rings. The fourth-order valence-electron chi connectivity index (χ4n) is 1.49. The van der Waals surface area contributed by atoms with E-state index in [1.807, 2.05) is 25.1 Å². The molecule has 0 radical (unpaired) electrons. The molecular weight excluding hydrogens is 232 g/mol. The van der Waals surface area contributed by atoms with Crippen LogP contribution >= 0.6 is 0 Å². The zero-order valence-electron chi connectivity index (χ0n) is 10.6. The fourth-order valence-corrected chi connectivity index (χ4v) is 1.49. The number of rotatable bonds is 6. The lowest BCUT2D eigenvalue weighted by atomic mass is 9.99. The summed E-state index contributed by atoms with van der Waals surface area (Å²) in [5.41, 5.74) is 0.811. The first kappa shape index (κ1) is 14.2. The SMILES string of the molecule is CCC(C)OC(=O)C(Cc1ccccc1)C(=O)O. The van der Waals surface area contributed by atoms with Gasteiger partial charge in [0.1, 0.15) is 0 Å². The summed E-state index contributed by atoms with van der Waals surface area (Å²) in [4.78, 5) is 22.9. The number of hydrogen-bond acceptors (Lipinski definition) is 3. The van der Waals surface area contributed by atoms with E-state index in [4.69, 9.17) is 9.84 Å². The van der Waals surface area contributed by atoms with E-state index in [1.165, 1.54) is 0 Å². The van der Waals surface area contributed by atoms with Crippen molar-refractivity contribution in [3.8, 4) is 0 Å². The van der Waals surface area contributed by atoms with Crippen molar-refractivity contribution in [2.45, 2.75) is 32.8 Å². The Bertz CT molecular complexity index is 400. The molecule has 0 aliphatic carbocycles. The van der Waals surface area contributed by atoms with E-state index in [0.29, 0.717) is 6.42 Å². The lowest BCUT2D eigenvalue weighted by Gasteiger charge is -2.15. The van der Waals surface area contributed by atoms with Gasteiger partial charge < -0.3 is 9.84 Å². The minimum atomic E-state index is -1.15. The number of carboxylic acids is 1. The van der Waals surface area contributed by atoms with Crippen LogP contribution in [0.25, 0.3) is 0 Å². The van der Waals surface area contributed by atoms with Gasteiger partial charge in [-0.25, -0.2) is 0 Å². The monoisotopic (exact) mass is 250 g/mol. The molecule has 0 fully saturated rings. The summed E-state index contributed by atoms with van der Waals surface area (Å²) in [6.07, 6.45) is 0.574. The minimum absolute atomic E-state index is 0.158. The molecule has 4 nitrogen and oxygen atoms in total.